The van der Waals surface area contributed by atoms with Crippen molar-refractivity contribution in [3.8, 4) is 0 Å². The first kappa shape index (κ1) is 25.7. The van der Waals surface area contributed by atoms with Gasteiger partial charge in [-0.3, -0.25) is 9.59 Å². The Balaban J connectivity index is 1.28. The summed E-state index contributed by atoms with van der Waals surface area (Å²) in [6.07, 6.45) is 6.84. The van der Waals surface area contributed by atoms with E-state index in [-0.39, 0.29) is 54.3 Å². The lowest BCUT2D eigenvalue weighted by atomic mass is 9.82. The second-order valence-electron chi connectivity index (χ2n) is 10.8. The topological polar surface area (TPSA) is 75.4 Å². The van der Waals surface area contributed by atoms with Crippen molar-refractivity contribution in [1.29, 1.82) is 0 Å². The number of fused-ring (bicyclic) bond motifs is 2. The lowest BCUT2D eigenvalue weighted by Crippen LogP contribution is -2.51. The van der Waals surface area contributed by atoms with Crippen LogP contribution < -0.4 is 11.1 Å². The highest BCUT2D eigenvalue weighted by Crippen LogP contribution is 2.40. The number of carbonyl (C=O) groups is 2. The lowest BCUT2D eigenvalue weighted by Gasteiger charge is -2.41. The maximum Gasteiger partial charge on any atom is 0.232 e. The zero-order chi connectivity index (χ0) is 25.3. The summed E-state index contributed by atoms with van der Waals surface area (Å²) in [5, 5.41) is 3.04. The number of rotatable bonds is 7. The van der Waals surface area contributed by atoms with Crippen LogP contribution in [0, 0.1) is 29.3 Å². The van der Waals surface area contributed by atoms with Crippen LogP contribution >= 0.6 is 0 Å². The maximum absolute atomic E-state index is 14.1. The first-order chi connectivity index (χ1) is 16.6. The van der Waals surface area contributed by atoms with E-state index < -0.39 is 23.5 Å². The number of benzene rings is 1. The Bertz CT molecular complexity index is 963. The number of nitrogens with two attached hydrogens (primary N) is 1. The molecule has 1 aromatic carbocycles. The zero-order valence-corrected chi connectivity index (χ0v) is 20.4. The van der Waals surface area contributed by atoms with Crippen LogP contribution in [-0.4, -0.2) is 40.9 Å². The van der Waals surface area contributed by atoms with Crippen LogP contribution in [0.15, 0.2) is 24.3 Å². The van der Waals surface area contributed by atoms with Gasteiger partial charge in [0.1, 0.15) is 12.2 Å². The van der Waals surface area contributed by atoms with E-state index in [0.717, 1.165) is 44.6 Å². The van der Waals surface area contributed by atoms with Crippen molar-refractivity contribution in [2.75, 3.05) is 0 Å². The van der Waals surface area contributed by atoms with Crippen molar-refractivity contribution in [3.63, 3.8) is 0 Å². The molecule has 0 aromatic heterocycles. The van der Waals surface area contributed by atoms with E-state index in [0.29, 0.717) is 24.8 Å². The van der Waals surface area contributed by atoms with Crippen molar-refractivity contribution in [2.24, 2.45) is 17.6 Å². The van der Waals surface area contributed by atoms with Gasteiger partial charge in [0.25, 0.3) is 0 Å². The van der Waals surface area contributed by atoms with Crippen LogP contribution in [0.25, 0.3) is 0 Å². The standard InChI is InChI=1S/C27H36F3N3O2/c1-15(2)16-3-5-19(6-4-16)32-26(34)14-27(35)33-20-7-8-21(33)10-18(9-20)25(31)12-17-11-23(29)24(30)13-22(17)28/h11,13,16,18-21,25H,1,3-10,12,14,31H2,2H3,(H,32,34)/t16?,18-,19?,20-,21+,25-/m1/s1. The van der Waals surface area contributed by atoms with E-state index in [2.05, 4.69) is 11.9 Å². The number of halogens is 3. The first-order valence-electron chi connectivity index (χ1n) is 12.8. The number of piperidine rings is 1. The van der Waals surface area contributed by atoms with E-state index in [9.17, 15) is 22.8 Å². The van der Waals surface area contributed by atoms with Gasteiger partial charge in [-0.15, -0.1) is 0 Å². The van der Waals surface area contributed by atoms with E-state index in [4.69, 9.17) is 5.73 Å². The van der Waals surface area contributed by atoms with Crippen molar-refractivity contribution in [3.05, 3.63) is 47.3 Å². The molecule has 2 aliphatic heterocycles. The Labute approximate surface area is 205 Å². The fraction of sp³-hybridized carbons (Fsp3) is 0.630. The smallest absolute Gasteiger partial charge is 0.232 e. The molecule has 2 amide bonds. The number of amides is 2. The molecule has 192 valence electrons. The summed E-state index contributed by atoms with van der Waals surface area (Å²) in [6, 6.07) is 1.13. The van der Waals surface area contributed by atoms with Crippen LogP contribution in [0.2, 0.25) is 0 Å². The SMILES string of the molecule is C=C(C)C1CCC(NC(=O)CC(=O)N2[C@@H]3CC[C@H]2C[C@H]([C@H](N)Cc2cc(F)c(F)cc2F)C3)CC1. The fourth-order valence-electron chi connectivity index (χ4n) is 6.35. The molecular weight excluding hydrogens is 455 g/mol. The molecule has 1 aromatic rings. The highest BCUT2D eigenvalue weighted by molar-refractivity contribution is 5.97. The minimum atomic E-state index is -1.21. The number of nitrogens with one attached hydrogen (secondary N) is 1. The van der Waals surface area contributed by atoms with E-state index in [1.54, 1.807) is 0 Å². The molecule has 4 atom stereocenters. The first-order valence-corrected chi connectivity index (χ1v) is 12.8. The second-order valence-corrected chi connectivity index (χ2v) is 10.8. The van der Waals surface area contributed by atoms with E-state index in [1.165, 1.54) is 5.57 Å². The quantitative estimate of drug-likeness (QED) is 0.338. The molecular formula is C27H36F3N3O2. The van der Waals surface area contributed by atoms with Crippen LogP contribution in [-0.2, 0) is 16.0 Å². The van der Waals surface area contributed by atoms with Gasteiger partial charge in [-0.05, 0) is 88.2 Å². The molecule has 3 aliphatic rings. The molecule has 2 bridgehead atoms. The third-order valence-corrected chi connectivity index (χ3v) is 8.31. The monoisotopic (exact) mass is 491 g/mol. The van der Waals surface area contributed by atoms with Gasteiger partial charge in [-0.1, -0.05) is 12.2 Å². The van der Waals surface area contributed by atoms with Gasteiger partial charge in [-0.2, -0.15) is 0 Å². The van der Waals surface area contributed by atoms with Gasteiger partial charge in [0.2, 0.25) is 11.8 Å². The zero-order valence-electron chi connectivity index (χ0n) is 20.4. The Morgan fingerprint density at radius 3 is 2.23 bits per heavy atom. The number of hydrogen-bond donors (Lipinski definition) is 2. The molecule has 1 aliphatic carbocycles. The molecule has 0 unspecified atom stereocenters. The molecule has 5 nitrogen and oxygen atoms in total. The third-order valence-electron chi connectivity index (χ3n) is 8.31. The van der Waals surface area contributed by atoms with Crippen molar-refractivity contribution in [2.45, 2.75) is 95.3 Å². The normalized spacial score (nSPS) is 29.1. The number of carbonyl (C=O) groups excluding carboxylic acids is 2. The molecule has 3 N–H and O–H groups in total. The van der Waals surface area contributed by atoms with Gasteiger partial charge in [0.05, 0.1) is 0 Å². The number of nitrogens with zero attached hydrogens (tertiary/aromatic N) is 1. The second kappa shape index (κ2) is 10.7. The third kappa shape index (κ3) is 5.90. The van der Waals surface area contributed by atoms with Gasteiger partial charge >= 0.3 is 0 Å². The fourth-order valence-corrected chi connectivity index (χ4v) is 6.35. The predicted molar refractivity (Wildman–Crippen MR) is 128 cm³/mol. The highest BCUT2D eigenvalue weighted by atomic mass is 19.2. The minimum absolute atomic E-state index is 0.00547. The Hall–Kier alpha value is -2.35. The number of allylic oxidation sites excluding steroid dienone is 1. The average molecular weight is 492 g/mol. The summed E-state index contributed by atoms with van der Waals surface area (Å²) < 4.78 is 40.9. The number of hydrogen-bond acceptors (Lipinski definition) is 3. The van der Waals surface area contributed by atoms with Crippen LogP contribution in [0.5, 0.6) is 0 Å². The minimum Gasteiger partial charge on any atom is -0.353 e. The van der Waals surface area contributed by atoms with Gasteiger partial charge < -0.3 is 16.0 Å². The van der Waals surface area contributed by atoms with E-state index >= 15 is 0 Å². The van der Waals surface area contributed by atoms with E-state index in [1.807, 2.05) is 11.8 Å². The Morgan fingerprint density at radius 2 is 1.63 bits per heavy atom. The largest absolute Gasteiger partial charge is 0.353 e. The van der Waals surface area contributed by atoms with Gasteiger partial charge in [-0.25, -0.2) is 13.2 Å². The molecule has 8 heteroatoms. The maximum atomic E-state index is 14.1. The van der Waals surface area contributed by atoms with Crippen molar-refractivity contribution < 1.29 is 22.8 Å². The van der Waals surface area contributed by atoms with Crippen molar-refractivity contribution in [1.82, 2.24) is 10.2 Å². The lowest BCUT2D eigenvalue weighted by molar-refractivity contribution is -0.140. The summed E-state index contributed by atoms with van der Waals surface area (Å²) in [5.41, 5.74) is 7.63. The summed E-state index contributed by atoms with van der Waals surface area (Å²) in [7, 11) is 0. The predicted octanol–water partition coefficient (Wildman–Crippen LogP) is 4.38. The summed E-state index contributed by atoms with van der Waals surface area (Å²) in [4.78, 5) is 27.5. The van der Waals surface area contributed by atoms with Gasteiger partial charge in [0, 0.05) is 30.2 Å². The molecule has 1 saturated carbocycles. The average Bonchev–Trinajstić information content (AvgIpc) is 3.07. The molecule has 35 heavy (non-hydrogen) atoms. The summed E-state index contributed by atoms with van der Waals surface area (Å²) in [6.45, 7) is 6.08. The summed E-state index contributed by atoms with van der Waals surface area (Å²) in [5.74, 6) is -2.91. The van der Waals surface area contributed by atoms with Gasteiger partial charge in [0.15, 0.2) is 11.6 Å². The van der Waals surface area contributed by atoms with Crippen LogP contribution in [0.3, 0.4) is 0 Å². The van der Waals surface area contributed by atoms with Crippen LogP contribution in [0.1, 0.15) is 70.3 Å². The molecule has 4 rings (SSSR count). The summed E-state index contributed by atoms with van der Waals surface area (Å²) >= 11 is 0. The molecule has 0 spiro atoms. The Morgan fingerprint density at radius 1 is 1.03 bits per heavy atom. The van der Waals surface area contributed by atoms with Crippen LogP contribution in [0.4, 0.5) is 13.2 Å². The molecule has 3 fully saturated rings. The molecule has 0 radical (unpaired) electrons. The molecule has 2 heterocycles. The highest BCUT2D eigenvalue weighted by Gasteiger charge is 2.44. The molecule has 2 saturated heterocycles. The Kier molecular flexibility index (Phi) is 7.89. The van der Waals surface area contributed by atoms with Crippen molar-refractivity contribution >= 4 is 11.8 Å².